The fourth-order valence-corrected chi connectivity index (χ4v) is 3.66. The van der Waals surface area contributed by atoms with Crippen LogP contribution in [0.1, 0.15) is 52.0 Å². The number of aryl methyl sites for hydroxylation is 2. The molecule has 1 aliphatic rings. The number of amides is 1. The highest BCUT2D eigenvalue weighted by Gasteiger charge is 2.33. The van der Waals surface area contributed by atoms with Crippen LogP contribution in [-0.4, -0.2) is 36.9 Å². The zero-order valence-corrected chi connectivity index (χ0v) is 15.7. The number of hydrogen-bond donors (Lipinski definition) is 0. The fourth-order valence-electron chi connectivity index (χ4n) is 3.66. The van der Waals surface area contributed by atoms with E-state index in [4.69, 9.17) is 0 Å². The molecule has 0 radical (unpaired) electrons. The molecule has 0 aromatic carbocycles. The van der Waals surface area contributed by atoms with Crippen LogP contribution < -0.4 is 0 Å². The lowest BCUT2D eigenvalue weighted by atomic mass is 10.1. The lowest BCUT2D eigenvalue weighted by molar-refractivity contribution is 0.0727. The van der Waals surface area contributed by atoms with Gasteiger partial charge in [0.05, 0.1) is 11.6 Å². The van der Waals surface area contributed by atoms with Crippen LogP contribution in [0.15, 0.2) is 49.1 Å². The van der Waals surface area contributed by atoms with E-state index in [0.717, 1.165) is 43.1 Å². The Morgan fingerprint density at radius 3 is 2.67 bits per heavy atom. The fraction of sp³-hybridized carbons (Fsp3) is 0.333. The van der Waals surface area contributed by atoms with Gasteiger partial charge in [-0.05, 0) is 56.5 Å². The van der Waals surface area contributed by atoms with Crippen molar-refractivity contribution in [1.82, 2.24) is 24.4 Å². The van der Waals surface area contributed by atoms with Crippen LogP contribution in [0.2, 0.25) is 0 Å². The van der Waals surface area contributed by atoms with Crippen molar-refractivity contribution in [3.05, 3.63) is 77.4 Å². The van der Waals surface area contributed by atoms with Crippen LogP contribution in [-0.2, 0) is 6.54 Å². The summed E-state index contributed by atoms with van der Waals surface area (Å²) in [5, 5.41) is 0. The normalized spacial score (nSPS) is 16.7. The minimum atomic E-state index is -0.00524. The van der Waals surface area contributed by atoms with E-state index < -0.39 is 0 Å². The largest absolute Gasteiger partial charge is 0.328 e. The molecule has 138 valence electrons. The predicted molar refractivity (Wildman–Crippen MR) is 102 cm³/mol. The monoisotopic (exact) mass is 361 g/mol. The van der Waals surface area contributed by atoms with Crippen molar-refractivity contribution < 1.29 is 4.79 Å². The summed E-state index contributed by atoms with van der Waals surface area (Å²) in [5.41, 5.74) is 3.81. The summed E-state index contributed by atoms with van der Waals surface area (Å²) < 4.78 is 2.21. The van der Waals surface area contributed by atoms with E-state index in [-0.39, 0.29) is 11.9 Å². The third kappa shape index (κ3) is 3.47. The van der Waals surface area contributed by atoms with E-state index >= 15 is 0 Å². The van der Waals surface area contributed by atoms with Crippen LogP contribution in [0.5, 0.6) is 0 Å². The van der Waals surface area contributed by atoms with Gasteiger partial charge < -0.3 is 9.47 Å². The van der Waals surface area contributed by atoms with Crippen LogP contribution in [0, 0.1) is 13.8 Å². The van der Waals surface area contributed by atoms with Crippen molar-refractivity contribution in [1.29, 1.82) is 0 Å². The number of nitrogens with zero attached hydrogens (tertiary/aromatic N) is 5. The van der Waals surface area contributed by atoms with Crippen molar-refractivity contribution in [2.75, 3.05) is 6.54 Å². The van der Waals surface area contributed by atoms with Gasteiger partial charge in [-0.15, -0.1) is 0 Å². The van der Waals surface area contributed by atoms with Gasteiger partial charge in [-0.25, -0.2) is 4.98 Å². The molecule has 27 heavy (non-hydrogen) atoms. The molecule has 4 heterocycles. The average molecular weight is 361 g/mol. The number of carbonyl (C=O) groups excluding carboxylic acids is 1. The first-order valence-electron chi connectivity index (χ1n) is 9.28. The molecule has 3 aromatic heterocycles. The Hall–Kier alpha value is -3.02. The molecule has 6 nitrogen and oxygen atoms in total. The highest BCUT2D eigenvalue weighted by Crippen LogP contribution is 2.33. The summed E-state index contributed by atoms with van der Waals surface area (Å²) in [6.45, 7) is 5.46. The Bertz CT molecular complexity index is 933. The van der Waals surface area contributed by atoms with Gasteiger partial charge in [0.2, 0.25) is 0 Å². The molecule has 1 fully saturated rings. The zero-order chi connectivity index (χ0) is 18.8. The van der Waals surface area contributed by atoms with E-state index in [1.54, 1.807) is 18.6 Å². The topological polar surface area (TPSA) is 63.9 Å². The van der Waals surface area contributed by atoms with Gasteiger partial charge >= 0.3 is 0 Å². The number of hydrogen-bond acceptors (Lipinski definition) is 4. The number of carbonyl (C=O) groups is 1. The molecule has 0 saturated carbocycles. The van der Waals surface area contributed by atoms with Crippen molar-refractivity contribution in [2.24, 2.45) is 0 Å². The number of pyridine rings is 2. The Kier molecular flexibility index (Phi) is 4.71. The van der Waals surface area contributed by atoms with E-state index in [1.807, 2.05) is 42.3 Å². The van der Waals surface area contributed by atoms with Gasteiger partial charge in [0, 0.05) is 49.3 Å². The molecule has 1 saturated heterocycles. The first-order valence-corrected chi connectivity index (χ1v) is 9.28. The lowest BCUT2D eigenvalue weighted by Crippen LogP contribution is -2.32. The van der Waals surface area contributed by atoms with Crippen LogP contribution >= 0.6 is 0 Å². The van der Waals surface area contributed by atoms with Crippen LogP contribution in [0.4, 0.5) is 0 Å². The van der Waals surface area contributed by atoms with Crippen LogP contribution in [0.25, 0.3) is 0 Å². The second-order valence-electron chi connectivity index (χ2n) is 7.04. The Labute approximate surface area is 158 Å². The lowest BCUT2D eigenvalue weighted by Gasteiger charge is -2.25. The van der Waals surface area contributed by atoms with Crippen molar-refractivity contribution in [2.45, 2.75) is 39.3 Å². The quantitative estimate of drug-likeness (QED) is 0.715. The highest BCUT2D eigenvalue weighted by atomic mass is 16.2. The summed E-state index contributed by atoms with van der Waals surface area (Å²) in [5.74, 6) is 0.983. The molecule has 1 unspecified atom stereocenters. The maximum Gasteiger partial charge on any atom is 0.256 e. The van der Waals surface area contributed by atoms with Gasteiger partial charge in [0.1, 0.15) is 5.82 Å². The number of imidazole rings is 1. The van der Waals surface area contributed by atoms with Crippen molar-refractivity contribution in [3.8, 4) is 0 Å². The smallest absolute Gasteiger partial charge is 0.256 e. The zero-order valence-electron chi connectivity index (χ0n) is 15.7. The number of likely N-dealkylation sites (tertiary alicyclic amines) is 1. The van der Waals surface area contributed by atoms with Crippen molar-refractivity contribution in [3.63, 3.8) is 0 Å². The molecular weight excluding hydrogens is 338 g/mol. The first kappa shape index (κ1) is 17.4. The molecule has 0 spiro atoms. The Balaban J connectivity index is 1.62. The molecule has 0 N–H and O–H groups in total. The predicted octanol–water partition coefficient (Wildman–Crippen LogP) is 3.32. The molecule has 1 aliphatic heterocycles. The molecule has 6 heteroatoms. The van der Waals surface area contributed by atoms with Crippen LogP contribution in [0.3, 0.4) is 0 Å². The average Bonchev–Trinajstić information content (AvgIpc) is 3.30. The molecule has 0 aliphatic carbocycles. The SMILES string of the molecule is Cc1ccc(C(=O)N2CCCC2c2ncc(C)n2Cc2ccncc2)cn1. The van der Waals surface area contributed by atoms with Gasteiger partial charge in [0.15, 0.2) is 0 Å². The second kappa shape index (κ2) is 7.31. The first-order chi connectivity index (χ1) is 13.1. The Morgan fingerprint density at radius 2 is 1.93 bits per heavy atom. The number of rotatable bonds is 4. The highest BCUT2D eigenvalue weighted by molar-refractivity contribution is 5.94. The third-order valence-corrected chi connectivity index (χ3v) is 5.15. The Morgan fingerprint density at radius 1 is 1.11 bits per heavy atom. The van der Waals surface area contributed by atoms with Gasteiger partial charge in [-0.1, -0.05) is 0 Å². The minimum Gasteiger partial charge on any atom is -0.328 e. The molecule has 1 atom stereocenters. The van der Waals surface area contributed by atoms with Gasteiger partial charge in [-0.2, -0.15) is 0 Å². The number of aromatic nitrogens is 4. The molecular formula is C21H23N5O. The van der Waals surface area contributed by atoms with Gasteiger partial charge in [-0.3, -0.25) is 14.8 Å². The second-order valence-corrected chi connectivity index (χ2v) is 7.04. The van der Waals surface area contributed by atoms with E-state index in [9.17, 15) is 4.79 Å². The van der Waals surface area contributed by atoms with E-state index in [0.29, 0.717) is 5.56 Å². The summed E-state index contributed by atoms with van der Waals surface area (Å²) in [6, 6.07) is 7.76. The molecule has 1 amide bonds. The minimum absolute atomic E-state index is 0.00524. The maximum atomic E-state index is 13.1. The summed E-state index contributed by atoms with van der Waals surface area (Å²) in [6.07, 6.45) is 9.08. The molecule has 3 aromatic rings. The third-order valence-electron chi connectivity index (χ3n) is 5.15. The van der Waals surface area contributed by atoms with Gasteiger partial charge in [0.25, 0.3) is 5.91 Å². The standard InChI is InChI=1S/C21H23N5O/c1-15-5-6-18(13-23-15)21(27)25-11-3-4-19(25)20-24-12-16(2)26(20)14-17-7-9-22-10-8-17/h5-10,12-13,19H,3-4,11,14H2,1-2H3. The summed E-state index contributed by atoms with van der Waals surface area (Å²) in [7, 11) is 0. The maximum absolute atomic E-state index is 13.1. The van der Waals surface area contributed by atoms with E-state index in [2.05, 4.69) is 26.4 Å². The van der Waals surface area contributed by atoms with Crippen molar-refractivity contribution >= 4 is 5.91 Å². The summed E-state index contributed by atoms with van der Waals surface area (Å²) >= 11 is 0. The molecule has 0 bridgehead atoms. The molecule has 4 rings (SSSR count). The summed E-state index contributed by atoms with van der Waals surface area (Å²) in [4.78, 5) is 28.0. The van der Waals surface area contributed by atoms with E-state index in [1.165, 1.54) is 5.56 Å².